The highest BCUT2D eigenvalue weighted by Gasteiger charge is 2.33. The summed E-state index contributed by atoms with van der Waals surface area (Å²) in [6.07, 6.45) is 2.48. The number of amides is 1. The molecule has 3 rings (SSSR count). The molecule has 10 heteroatoms. The average Bonchev–Trinajstić information content (AvgIpc) is 2.73. The zero-order valence-corrected chi connectivity index (χ0v) is 17.7. The molecule has 1 unspecified atom stereocenters. The van der Waals surface area contributed by atoms with Crippen molar-refractivity contribution in [2.45, 2.75) is 37.5 Å². The second-order valence-corrected chi connectivity index (χ2v) is 9.89. The predicted molar refractivity (Wildman–Crippen MR) is 104 cm³/mol. The number of carbonyl (C=O) groups is 2. The maximum absolute atomic E-state index is 13.4. The number of piperidine rings is 2. The van der Waals surface area contributed by atoms with Crippen LogP contribution in [0.15, 0.2) is 23.1 Å². The number of nitrogens with zero attached hydrogens (tertiary/aromatic N) is 2. The lowest BCUT2D eigenvalue weighted by Crippen LogP contribution is -2.43. The van der Waals surface area contributed by atoms with E-state index < -0.39 is 33.5 Å². The Hall–Kier alpha value is -2.07. The molecular formula is C20H26F2N2O5S. The normalized spacial score (nSPS) is 21.4. The third kappa shape index (κ3) is 5.15. The largest absolute Gasteiger partial charge is 0.455 e. The Kier molecular flexibility index (Phi) is 7.07. The molecule has 2 fully saturated rings. The van der Waals surface area contributed by atoms with E-state index in [1.54, 1.807) is 4.90 Å². The topological polar surface area (TPSA) is 84.0 Å². The van der Waals surface area contributed by atoms with Gasteiger partial charge in [-0.25, -0.2) is 17.2 Å². The van der Waals surface area contributed by atoms with Crippen molar-refractivity contribution in [2.75, 3.05) is 32.8 Å². The molecule has 0 spiro atoms. The molecule has 166 valence electrons. The number of halogens is 2. The van der Waals surface area contributed by atoms with Gasteiger partial charge < -0.3 is 9.64 Å². The van der Waals surface area contributed by atoms with E-state index in [1.807, 2.05) is 0 Å². The first-order valence-corrected chi connectivity index (χ1v) is 11.5. The van der Waals surface area contributed by atoms with Crippen LogP contribution in [0.3, 0.4) is 0 Å². The lowest BCUT2D eigenvalue weighted by atomic mass is 9.98. The lowest BCUT2D eigenvalue weighted by molar-refractivity contribution is -0.157. The number of esters is 1. The van der Waals surface area contributed by atoms with Gasteiger partial charge in [0.1, 0.15) is 0 Å². The molecule has 30 heavy (non-hydrogen) atoms. The third-order valence-corrected chi connectivity index (χ3v) is 7.56. The molecule has 0 bridgehead atoms. The molecule has 1 aromatic rings. The monoisotopic (exact) mass is 444 g/mol. The number of likely N-dealkylation sites (tertiary alicyclic amines) is 1. The summed E-state index contributed by atoms with van der Waals surface area (Å²) >= 11 is 0. The fraction of sp³-hybridized carbons (Fsp3) is 0.600. The van der Waals surface area contributed by atoms with Crippen LogP contribution in [-0.2, 0) is 24.3 Å². The van der Waals surface area contributed by atoms with Gasteiger partial charge in [0.05, 0.1) is 10.8 Å². The molecule has 1 amide bonds. The van der Waals surface area contributed by atoms with E-state index in [-0.39, 0.29) is 43.3 Å². The number of hydrogen-bond acceptors (Lipinski definition) is 5. The molecule has 0 saturated carbocycles. The summed E-state index contributed by atoms with van der Waals surface area (Å²) in [5.41, 5.74) is 0. The van der Waals surface area contributed by atoms with Gasteiger partial charge in [0.15, 0.2) is 18.2 Å². The molecule has 2 aliphatic heterocycles. The first-order valence-electron chi connectivity index (χ1n) is 10.1. The highest BCUT2D eigenvalue weighted by Crippen LogP contribution is 2.25. The van der Waals surface area contributed by atoms with Gasteiger partial charge in [0.2, 0.25) is 10.0 Å². The molecule has 7 nitrogen and oxygen atoms in total. The van der Waals surface area contributed by atoms with Crippen molar-refractivity contribution in [2.24, 2.45) is 11.8 Å². The van der Waals surface area contributed by atoms with Gasteiger partial charge in [0.25, 0.3) is 5.91 Å². The summed E-state index contributed by atoms with van der Waals surface area (Å²) in [7, 11) is -3.98. The molecule has 0 radical (unpaired) electrons. The molecule has 2 aliphatic rings. The third-order valence-electron chi connectivity index (χ3n) is 5.66. The lowest BCUT2D eigenvalue weighted by Gasteiger charge is -2.32. The van der Waals surface area contributed by atoms with Crippen LogP contribution in [0.25, 0.3) is 0 Å². The van der Waals surface area contributed by atoms with Crippen LogP contribution < -0.4 is 0 Å². The minimum atomic E-state index is -3.98. The second-order valence-electron chi connectivity index (χ2n) is 7.95. The van der Waals surface area contributed by atoms with Crippen LogP contribution in [0.5, 0.6) is 0 Å². The average molecular weight is 445 g/mol. The number of ether oxygens (including phenoxy) is 1. The minimum absolute atomic E-state index is 0.0542. The first-order chi connectivity index (χ1) is 14.2. The molecule has 1 atom stereocenters. The van der Waals surface area contributed by atoms with Crippen molar-refractivity contribution >= 4 is 21.9 Å². The number of rotatable bonds is 5. The van der Waals surface area contributed by atoms with Crippen LogP contribution in [0.4, 0.5) is 8.78 Å². The van der Waals surface area contributed by atoms with Gasteiger partial charge in [0, 0.05) is 26.2 Å². The van der Waals surface area contributed by atoms with E-state index in [4.69, 9.17) is 4.74 Å². The smallest absolute Gasteiger partial charge is 0.309 e. The second kappa shape index (κ2) is 9.38. The number of carbonyl (C=O) groups excluding carboxylic acids is 2. The Morgan fingerprint density at radius 1 is 1.10 bits per heavy atom. The van der Waals surface area contributed by atoms with Crippen LogP contribution >= 0.6 is 0 Å². The van der Waals surface area contributed by atoms with Crippen molar-refractivity contribution < 1.29 is 31.5 Å². The quantitative estimate of drug-likeness (QED) is 0.650. The Balaban J connectivity index is 1.50. The fourth-order valence-electron chi connectivity index (χ4n) is 3.88. The standard InChI is InChI=1S/C20H26F2N2O5S/c1-14-3-2-8-23(12-14)19(25)13-29-20(26)15-6-9-24(10-7-15)30(27,28)16-4-5-17(21)18(22)11-16/h4-5,11,14-15H,2-3,6-10,12-13H2,1H3. The molecule has 2 saturated heterocycles. The Labute approximate surface area is 175 Å². The molecule has 1 aromatic carbocycles. The molecule has 2 heterocycles. The zero-order valence-electron chi connectivity index (χ0n) is 16.9. The van der Waals surface area contributed by atoms with Crippen molar-refractivity contribution in [3.63, 3.8) is 0 Å². The summed E-state index contributed by atoms with van der Waals surface area (Å²) in [6.45, 7) is 3.21. The van der Waals surface area contributed by atoms with Gasteiger partial charge in [-0.05, 0) is 49.8 Å². The minimum Gasteiger partial charge on any atom is -0.455 e. The van der Waals surface area contributed by atoms with Crippen LogP contribution in [0, 0.1) is 23.5 Å². The van der Waals surface area contributed by atoms with Crippen molar-refractivity contribution in [3.05, 3.63) is 29.8 Å². The van der Waals surface area contributed by atoms with Gasteiger partial charge in [-0.15, -0.1) is 0 Å². The summed E-state index contributed by atoms with van der Waals surface area (Å²) in [5.74, 6) is -3.16. The number of sulfonamides is 1. The van der Waals surface area contributed by atoms with Crippen LogP contribution in [0.1, 0.15) is 32.6 Å². The molecule has 0 aromatic heterocycles. The zero-order chi connectivity index (χ0) is 21.9. The Morgan fingerprint density at radius 3 is 2.43 bits per heavy atom. The highest BCUT2D eigenvalue weighted by molar-refractivity contribution is 7.89. The van der Waals surface area contributed by atoms with E-state index in [9.17, 15) is 26.8 Å². The number of hydrogen-bond donors (Lipinski definition) is 0. The molecule has 0 aliphatic carbocycles. The van der Waals surface area contributed by atoms with Gasteiger partial charge in [-0.2, -0.15) is 4.31 Å². The Bertz CT molecular complexity index is 900. The van der Waals surface area contributed by atoms with Crippen molar-refractivity contribution in [1.82, 2.24) is 9.21 Å². The molecular weight excluding hydrogens is 418 g/mol. The fourth-order valence-corrected chi connectivity index (χ4v) is 5.36. The van der Waals surface area contributed by atoms with Crippen molar-refractivity contribution in [3.8, 4) is 0 Å². The van der Waals surface area contributed by atoms with E-state index >= 15 is 0 Å². The van der Waals surface area contributed by atoms with Gasteiger partial charge >= 0.3 is 5.97 Å². The maximum atomic E-state index is 13.4. The highest BCUT2D eigenvalue weighted by atomic mass is 32.2. The Morgan fingerprint density at radius 2 is 1.80 bits per heavy atom. The summed E-state index contributed by atoms with van der Waals surface area (Å²) in [6, 6.07) is 2.44. The summed E-state index contributed by atoms with van der Waals surface area (Å²) in [5, 5.41) is 0. The van der Waals surface area contributed by atoms with E-state index in [1.165, 1.54) is 0 Å². The summed E-state index contributed by atoms with van der Waals surface area (Å²) in [4.78, 5) is 25.9. The van der Waals surface area contributed by atoms with E-state index in [2.05, 4.69) is 6.92 Å². The van der Waals surface area contributed by atoms with E-state index in [0.29, 0.717) is 25.1 Å². The maximum Gasteiger partial charge on any atom is 0.309 e. The van der Waals surface area contributed by atoms with Crippen LogP contribution in [0.2, 0.25) is 0 Å². The van der Waals surface area contributed by atoms with Crippen molar-refractivity contribution in [1.29, 1.82) is 0 Å². The van der Waals surface area contributed by atoms with Crippen LogP contribution in [-0.4, -0.2) is 62.3 Å². The summed E-state index contributed by atoms with van der Waals surface area (Å²) < 4.78 is 58.0. The molecule has 0 N–H and O–H groups in total. The predicted octanol–water partition coefficient (Wildman–Crippen LogP) is 2.17. The first kappa shape index (κ1) is 22.6. The van der Waals surface area contributed by atoms with E-state index in [0.717, 1.165) is 29.3 Å². The number of benzene rings is 1. The van der Waals surface area contributed by atoms with Gasteiger partial charge in [-0.1, -0.05) is 6.92 Å². The SMILES string of the molecule is CC1CCCN(C(=O)COC(=O)C2CCN(S(=O)(=O)c3ccc(F)c(F)c3)CC2)C1. The van der Waals surface area contributed by atoms with Gasteiger partial charge in [-0.3, -0.25) is 9.59 Å².